The van der Waals surface area contributed by atoms with Crippen molar-refractivity contribution in [3.63, 3.8) is 0 Å². The third-order valence-electron chi connectivity index (χ3n) is 6.82. The molecule has 3 aliphatic rings. The van der Waals surface area contributed by atoms with Crippen molar-refractivity contribution in [1.82, 2.24) is 20.7 Å². The van der Waals surface area contributed by atoms with E-state index in [-0.39, 0.29) is 35.5 Å². The van der Waals surface area contributed by atoms with E-state index in [4.69, 9.17) is 4.52 Å². The van der Waals surface area contributed by atoms with Gasteiger partial charge in [-0.2, -0.15) is 0 Å². The molecule has 1 saturated heterocycles. The summed E-state index contributed by atoms with van der Waals surface area (Å²) in [4.78, 5) is 31.1. The van der Waals surface area contributed by atoms with Gasteiger partial charge in [0, 0.05) is 32.1 Å². The molecule has 1 saturated carbocycles. The van der Waals surface area contributed by atoms with Gasteiger partial charge in [-0.1, -0.05) is 31.2 Å². The molecule has 8 heteroatoms. The molecule has 4 atom stereocenters. The van der Waals surface area contributed by atoms with Gasteiger partial charge in [-0.15, -0.1) is 0 Å². The zero-order valence-electron chi connectivity index (χ0n) is 17.9. The minimum Gasteiger partial charge on any atom is -0.359 e. The van der Waals surface area contributed by atoms with Crippen LogP contribution < -0.4 is 10.6 Å². The average molecular weight is 414 g/mol. The summed E-state index contributed by atoms with van der Waals surface area (Å²) in [6.07, 6.45) is 7.25. The van der Waals surface area contributed by atoms with E-state index in [2.05, 4.69) is 46.8 Å². The predicted octanol–water partition coefficient (Wildman–Crippen LogP) is 2.05. The SMILES string of the molecule is CCC(CC)c1cc(CNC(=NC)NCCN2C(=O)C3C4C=CC(C4)C3C2=O)on1. The average Bonchev–Trinajstić information content (AvgIpc) is 3.52. The van der Waals surface area contributed by atoms with Gasteiger partial charge in [-0.05, 0) is 31.1 Å². The summed E-state index contributed by atoms with van der Waals surface area (Å²) >= 11 is 0. The quantitative estimate of drug-likeness (QED) is 0.293. The number of hydrogen-bond acceptors (Lipinski definition) is 5. The summed E-state index contributed by atoms with van der Waals surface area (Å²) in [6.45, 7) is 5.57. The highest BCUT2D eigenvalue weighted by atomic mass is 16.5. The predicted molar refractivity (Wildman–Crippen MR) is 112 cm³/mol. The Bertz CT molecular complexity index is 827. The molecule has 2 heterocycles. The monoisotopic (exact) mass is 413 g/mol. The van der Waals surface area contributed by atoms with Gasteiger partial charge in [0.05, 0.1) is 24.1 Å². The molecule has 162 valence electrons. The fraction of sp³-hybridized carbons (Fsp3) is 0.636. The van der Waals surface area contributed by atoms with Crippen molar-refractivity contribution in [2.45, 2.75) is 45.6 Å². The van der Waals surface area contributed by atoms with Crippen LogP contribution in [0.3, 0.4) is 0 Å². The summed E-state index contributed by atoms with van der Waals surface area (Å²) in [5.41, 5.74) is 0.986. The van der Waals surface area contributed by atoms with Crippen LogP contribution >= 0.6 is 0 Å². The molecular formula is C22H31N5O3. The fourth-order valence-corrected chi connectivity index (χ4v) is 5.17. The van der Waals surface area contributed by atoms with Crippen molar-refractivity contribution in [3.05, 3.63) is 29.7 Å². The second-order valence-electron chi connectivity index (χ2n) is 8.41. The number of aliphatic imine (C=N–C) groups is 1. The molecule has 2 N–H and O–H groups in total. The number of rotatable bonds is 8. The number of nitrogens with zero attached hydrogens (tertiary/aromatic N) is 3. The molecule has 2 bridgehead atoms. The molecule has 1 aromatic rings. The Morgan fingerprint density at radius 1 is 1.20 bits per heavy atom. The third kappa shape index (κ3) is 3.63. The lowest BCUT2D eigenvalue weighted by atomic mass is 9.85. The number of likely N-dealkylation sites (tertiary alicyclic amines) is 1. The van der Waals surface area contributed by atoms with E-state index in [1.54, 1.807) is 7.05 Å². The van der Waals surface area contributed by atoms with Crippen molar-refractivity contribution < 1.29 is 14.1 Å². The zero-order chi connectivity index (χ0) is 21.3. The zero-order valence-corrected chi connectivity index (χ0v) is 17.9. The van der Waals surface area contributed by atoms with E-state index in [9.17, 15) is 9.59 Å². The number of carbonyl (C=O) groups is 2. The molecule has 1 aromatic heterocycles. The van der Waals surface area contributed by atoms with Crippen LogP contribution in [0.1, 0.15) is 50.5 Å². The van der Waals surface area contributed by atoms with Gasteiger partial charge in [0.2, 0.25) is 11.8 Å². The van der Waals surface area contributed by atoms with Crippen LogP contribution in [0.2, 0.25) is 0 Å². The highest BCUT2D eigenvalue weighted by Gasteiger charge is 2.58. The Morgan fingerprint density at radius 3 is 2.47 bits per heavy atom. The molecule has 0 spiro atoms. The lowest BCUT2D eigenvalue weighted by Crippen LogP contribution is -2.43. The molecule has 1 aliphatic heterocycles. The molecule has 0 aromatic carbocycles. The smallest absolute Gasteiger partial charge is 0.233 e. The lowest BCUT2D eigenvalue weighted by molar-refractivity contribution is -0.140. The van der Waals surface area contributed by atoms with Crippen molar-refractivity contribution >= 4 is 17.8 Å². The fourth-order valence-electron chi connectivity index (χ4n) is 5.17. The van der Waals surface area contributed by atoms with Crippen molar-refractivity contribution in [3.8, 4) is 0 Å². The topological polar surface area (TPSA) is 99.8 Å². The van der Waals surface area contributed by atoms with Gasteiger partial charge in [-0.3, -0.25) is 19.5 Å². The van der Waals surface area contributed by atoms with E-state index < -0.39 is 0 Å². The van der Waals surface area contributed by atoms with E-state index in [1.165, 1.54) is 4.90 Å². The van der Waals surface area contributed by atoms with Crippen molar-refractivity contribution in [2.75, 3.05) is 20.1 Å². The normalized spacial score (nSPS) is 27.5. The molecule has 4 unspecified atom stereocenters. The first-order valence-electron chi connectivity index (χ1n) is 11.0. The summed E-state index contributed by atoms with van der Waals surface area (Å²) in [6, 6.07) is 1.99. The number of hydrogen-bond donors (Lipinski definition) is 2. The van der Waals surface area contributed by atoms with Crippen LogP contribution in [0, 0.1) is 23.7 Å². The molecular weight excluding hydrogens is 382 g/mol. The Kier molecular flexibility index (Phi) is 5.92. The Balaban J connectivity index is 1.25. The van der Waals surface area contributed by atoms with Gasteiger partial charge < -0.3 is 15.2 Å². The van der Waals surface area contributed by atoms with Crippen LogP contribution in [-0.4, -0.2) is 48.0 Å². The highest BCUT2D eigenvalue weighted by Crippen LogP contribution is 2.52. The third-order valence-corrected chi connectivity index (χ3v) is 6.82. The largest absolute Gasteiger partial charge is 0.359 e. The van der Waals surface area contributed by atoms with Gasteiger partial charge >= 0.3 is 0 Å². The lowest BCUT2D eigenvalue weighted by Gasteiger charge is -2.18. The number of carbonyl (C=O) groups excluding carboxylic acids is 2. The standard InChI is InChI=1S/C22H31N5O3/c1-4-13(5-2)17-11-16(30-26-17)12-25-22(23-3)24-8-9-27-20(28)18-14-6-7-15(10-14)19(18)21(27)29/h6-7,11,13-15,18-19H,4-5,8-10,12H2,1-3H3,(H2,23,24,25). The van der Waals surface area contributed by atoms with E-state index in [0.717, 1.165) is 30.7 Å². The first-order chi connectivity index (χ1) is 14.6. The first-order valence-corrected chi connectivity index (χ1v) is 11.0. The van der Waals surface area contributed by atoms with Crippen molar-refractivity contribution in [2.24, 2.45) is 28.7 Å². The number of allylic oxidation sites excluding steroid dienone is 2. The Hall–Kier alpha value is -2.64. The van der Waals surface area contributed by atoms with Gasteiger partial charge in [0.1, 0.15) is 0 Å². The van der Waals surface area contributed by atoms with Crippen LogP contribution in [0.25, 0.3) is 0 Å². The minimum absolute atomic E-state index is 0.0119. The Labute approximate surface area is 177 Å². The van der Waals surface area contributed by atoms with Gasteiger partial charge in [0.15, 0.2) is 11.7 Å². The van der Waals surface area contributed by atoms with E-state index in [0.29, 0.717) is 31.5 Å². The van der Waals surface area contributed by atoms with E-state index >= 15 is 0 Å². The molecule has 0 radical (unpaired) electrons. The minimum atomic E-state index is -0.138. The molecule has 2 aliphatic carbocycles. The molecule has 30 heavy (non-hydrogen) atoms. The number of aromatic nitrogens is 1. The first kappa shape index (κ1) is 20.6. The van der Waals surface area contributed by atoms with Gasteiger partial charge in [-0.25, -0.2) is 0 Å². The number of imide groups is 1. The molecule has 4 rings (SSSR count). The maximum Gasteiger partial charge on any atom is 0.233 e. The highest BCUT2D eigenvalue weighted by molar-refractivity contribution is 6.06. The summed E-state index contributed by atoms with van der Waals surface area (Å²) < 4.78 is 5.43. The van der Waals surface area contributed by atoms with Crippen LogP contribution in [0.5, 0.6) is 0 Å². The maximum absolute atomic E-state index is 12.7. The number of guanidine groups is 1. The summed E-state index contributed by atoms with van der Waals surface area (Å²) in [5, 5.41) is 10.5. The van der Waals surface area contributed by atoms with Gasteiger partial charge in [0.25, 0.3) is 0 Å². The molecule has 2 amide bonds. The second kappa shape index (κ2) is 8.62. The molecule has 8 nitrogen and oxygen atoms in total. The maximum atomic E-state index is 12.7. The number of amides is 2. The Morgan fingerprint density at radius 2 is 1.87 bits per heavy atom. The van der Waals surface area contributed by atoms with Crippen molar-refractivity contribution in [1.29, 1.82) is 0 Å². The van der Waals surface area contributed by atoms with Crippen LogP contribution in [-0.2, 0) is 16.1 Å². The number of nitrogens with one attached hydrogen (secondary N) is 2. The second-order valence-corrected chi connectivity index (χ2v) is 8.41. The summed E-state index contributed by atoms with van der Waals surface area (Å²) in [5.74, 6) is 1.95. The summed E-state index contributed by atoms with van der Waals surface area (Å²) in [7, 11) is 1.69. The van der Waals surface area contributed by atoms with Crippen LogP contribution in [0.4, 0.5) is 0 Å². The van der Waals surface area contributed by atoms with Crippen LogP contribution in [0.15, 0.2) is 27.7 Å². The van der Waals surface area contributed by atoms with E-state index in [1.807, 2.05) is 6.07 Å². The number of fused-ring (bicyclic) bond motifs is 5. The molecule has 2 fully saturated rings.